The molecule has 9 heteroatoms. The molecule has 0 bridgehead atoms. The Morgan fingerprint density at radius 1 is 0.977 bits per heavy atom. The Morgan fingerprint density at radius 2 is 1.67 bits per heavy atom. The molecule has 2 aromatic rings. The van der Waals surface area contributed by atoms with E-state index in [9.17, 15) is 9.59 Å². The lowest BCUT2D eigenvalue weighted by atomic mass is 10.0. The van der Waals surface area contributed by atoms with Crippen molar-refractivity contribution < 1.29 is 23.5 Å². The lowest BCUT2D eigenvalue weighted by Crippen LogP contribution is -2.52. The standard InChI is InChI=1S/C34H52N4O4S/c1-3-4-5-19-27-41-32-31(36-43-37-32)30-23-20-25-38(2,28-30)33(29-21-15-14-16-22-29)42-34(40)35-24-17-12-10-8-6-7-9-11-13-18-26-39/h14-16,21-23,26,33H,3-13,17-20,24-25,27-28H2,1-2H3/p+1. The van der Waals surface area contributed by atoms with E-state index in [0.717, 1.165) is 74.6 Å². The van der Waals surface area contributed by atoms with Gasteiger partial charge in [0.05, 0.1) is 37.5 Å². The lowest BCUT2D eigenvalue weighted by molar-refractivity contribution is -0.953. The predicted molar refractivity (Wildman–Crippen MR) is 174 cm³/mol. The van der Waals surface area contributed by atoms with Gasteiger partial charge in [-0.15, -0.1) is 4.37 Å². The molecule has 238 valence electrons. The third-order valence-electron chi connectivity index (χ3n) is 8.20. The van der Waals surface area contributed by atoms with Gasteiger partial charge in [0.15, 0.2) is 0 Å². The Hall–Kier alpha value is -2.78. The summed E-state index contributed by atoms with van der Waals surface area (Å²) in [6.07, 6.45) is 18.9. The van der Waals surface area contributed by atoms with Crippen LogP contribution in [0.5, 0.6) is 5.88 Å². The molecule has 8 nitrogen and oxygen atoms in total. The molecular formula is C34H53N4O4S+. The summed E-state index contributed by atoms with van der Waals surface area (Å²) in [5, 5.41) is 3.00. The van der Waals surface area contributed by atoms with Crippen LogP contribution in [0.4, 0.5) is 4.79 Å². The van der Waals surface area contributed by atoms with Gasteiger partial charge in [-0.2, -0.15) is 4.37 Å². The number of ether oxygens (including phenoxy) is 2. The third kappa shape index (κ3) is 12.4. The van der Waals surface area contributed by atoms with Crippen LogP contribution in [0.2, 0.25) is 0 Å². The van der Waals surface area contributed by atoms with Crippen molar-refractivity contribution in [2.45, 2.75) is 109 Å². The Bertz CT molecular complexity index is 1090. The Labute approximate surface area is 263 Å². The number of rotatable bonds is 22. The van der Waals surface area contributed by atoms with Crippen molar-refractivity contribution in [2.24, 2.45) is 0 Å². The van der Waals surface area contributed by atoms with Gasteiger partial charge in [-0.1, -0.05) is 95.4 Å². The summed E-state index contributed by atoms with van der Waals surface area (Å²) in [7, 11) is 2.16. The first-order chi connectivity index (χ1) is 21.1. The predicted octanol–water partition coefficient (Wildman–Crippen LogP) is 8.26. The Morgan fingerprint density at radius 3 is 2.40 bits per heavy atom. The summed E-state index contributed by atoms with van der Waals surface area (Å²) in [5.41, 5.74) is 2.90. The second kappa shape index (κ2) is 20.2. The van der Waals surface area contributed by atoms with Crippen LogP contribution < -0.4 is 10.1 Å². The minimum atomic E-state index is -0.443. The normalized spacial score (nSPS) is 17.2. The van der Waals surface area contributed by atoms with E-state index in [1.807, 2.05) is 30.3 Å². The largest absolute Gasteiger partial charge is 0.475 e. The fourth-order valence-corrected chi connectivity index (χ4v) is 6.23. The first-order valence-electron chi connectivity index (χ1n) is 16.5. The summed E-state index contributed by atoms with van der Waals surface area (Å²) in [6, 6.07) is 10.1. The zero-order valence-electron chi connectivity index (χ0n) is 26.4. The highest BCUT2D eigenvalue weighted by Gasteiger charge is 2.40. The van der Waals surface area contributed by atoms with E-state index >= 15 is 0 Å². The summed E-state index contributed by atoms with van der Waals surface area (Å²) in [5.74, 6) is 0.616. The summed E-state index contributed by atoms with van der Waals surface area (Å²) >= 11 is 1.19. The van der Waals surface area contributed by atoms with Gasteiger partial charge in [-0.3, -0.25) is 4.48 Å². The molecular weight excluding hydrogens is 560 g/mol. The number of carbonyl (C=O) groups excluding carboxylic acids is 2. The Balaban J connectivity index is 1.49. The molecule has 0 aliphatic carbocycles. The molecule has 1 amide bonds. The van der Waals surface area contributed by atoms with E-state index in [1.54, 1.807) is 0 Å². The number of benzene rings is 1. The van der Waals surface area contributed by atoms with Crippen LogP contribution >= 0.6 is 11.7 Å². The molecule has 0 radical (unpaired) electrons. The first-order valence-corrected chi connectivity index (χ1v) is 17.2. The molecule has 1 aromatic heterocycles. The van der Waals surface area contributed by atoms with Crippen LogP contribution in [0.25, 0.3) is 5.57 Å². The van der Waals surface area contributed by atoms with Crippen molar-refractivity contribution >= 4 is 29.7 Å². The fraction of sp³-hybridized carbons (Fsp3) is 0.647. The summed E-state index contributed by atoms with van der Waals surface area (Å²) in [4.78, 5) is 23.4. The maximum atomic E-state index is 13.0. The second-order valence-corrected chi connectivity index (χ2v) is 12.5. The van der Waals surface area contributed by atoms with E-state index in [4.69, 9.17) is 9.47 Å². The van der Waals surface area contributed by atoms with Gasteiger partial charge in [0.2, 0.25) is 0 Å². The number of nitrogens with one attached hydrogen (secondary N) is 1. The highest BCUT2D eigenvalue weighted by molar-refractivity contribution is 6.99. The monoisotopic (exact) mass is 613 g/mol. The minimum absolute atomic E-state index is 0.369. The van der Waals surface area contributed by atoms with Gasteiger partial charge >= 0.3 is 6.09 Å². The number of alkyl carbamates (subject to hydrolysis) is 1. The van der Waals surface area contributed by atoms with Gasteiger partial charge in [-0.25, -0.2) is 4.79 Å². The quantitative estimate of drug-likeness (QED) is 0.0817. The smallest absolute Gasteiger partial charge is 0.411 e. The number of nitrogens with zero attached hydrogens (tertiary/aromatic N) is 3. The van der Waals surface area contributed by atoms with E-state index in [-0.39, 0.29) is 6.09 Å². The second-order valence-electron chi connectivity index (χ2n) is 11.9. The number of carbonyl (C=O) groups is 2. The average molecular weight is 614 g/mol. The highest BCUT2D eigenvalue weighted by atomic mass is 32.1. The number of quaternary nitrogens is 1. The topological polar surface area (TPSA) is 90.4 Å². The molecule has 0 saturated carbocycles. The number of hydrogen-bond acceptors (Lipinski definition) is 7. The fourth-order valence-electron chi connectivity index (χ4n) is 5.70. The van der Waals surface area contributed by atoms with E-state index < -0.39 is 6.23 Å². The maximum absolute atomic E-state index is 13.0. The number of amides is 1. The SMILES string of the molecule is CCCCCCOc1nsnc1C1=CCC[N+](C)(C(OC(=O)NCCCCCCCCCCCC=O)c2ccccc2)C1. The minimum Gasteiger partial charge on any atom is -0.475 e. The number of aromatic nitrogens is 2. The summed E-state index contributed by atoms with van der Waals surface area (Å²) < 4.78 is 21.8. The van der Waals surface area contributed by atoms with Crippen molar-refractivity contribution in [3.63, 3.8) is 0 Å². The highest BCUT2D eigenvalue weighted by Crippen LogP contribution is 2.37. The molecule has 1 N–H and O–H groups in total. The van der Waals surface area contributed by atoms with E-state index in [1.165, 1.54) is 56.7 Å². The van der Waals surface area contributed by atoms with Crippen molar-refractivity contribution in [2.75, 3.05) is 33.3 Å². The summed E-state index contributed by atoms with van der Waals surface area (Å²) in [6.45, 7) is 4.98. The molecule has 2 unspecified atom stereocenters. The molecule has 2 heterocycles. The van der Waals surface area contributed by atoms with Gasteiger partial charge in [0.25, 0.3) is 12.1 Å². The van der Waals surface area contributed by atoms with Crippen molar-refractivity contribution in [1.82, 2.24) is 14.1 Å². The van der Waals surface area contributed by atoms with Gasteiger partial charge in [0, 0.05) is 25.0 Å². The first kappa shape index (κ1) is 34.7. The average Bonchev–Trinajstić information content (AvgIpc) is 3.49. The van der Waals surface area contributed by atoms with Crippen molar-refractivity contribution in [3.8, 4) is 5.88 Å². The zero-order valence-corrected chi connectivity index (χ0v) is 27.3. The molecule has 43 heavy (non-hydrogen) atoms. The lowest BCUT2D eigenvalue weighted by Gasteiger charge is -2.42. The van der Waals surface area contributed by atoms with Gasteiger partial charge in [-0.05, 0) is 31.4 Å². The number of aldehydes is 1. The Kier molecular flexibility index (Phi) is 16.3. The molecule has 1 aliphatic rings. The molecule has 0 saturated heterocycles. The number of unbranched alkanes of at least 4 members (excludes halogenated alkanes) is 12. The van der Waals surface area contributed by atoms with Crippen LogP contribution in [0.15, 0.2) is 36.4 Å². The molecule has 0 fully saturated rings. The molecule has 1 aliphatic heterocycles. The van der Waals surface area contributed by atoms with Crippen molar-refractivity contribution in [1.29, 1.82) is 0 Å². The van der Waals surface area contributed by atoms with Crippen LogP contribution in [-0.4, -0.2) is 58.9 Å². The van der Waals surface area contributed by atoms with Crippen LogP contribution in [-0.2, 0) is 9.53 Å². The van der Waals surface area contributed by atoms with Gasteiger partial charge < -0.3 is 19.6 Å². The van der Waals surface area contributed by atoms with Crippen LogP contribution in [0.3, 0.4) is 0 Å². The maximum Gasteiger partial charge on any atom is 0.411 e. The molecule has 0 spiro atoms. The van der Waals surface area contributed by atoms with Gasteiger partial charge in [0.1, 0.15) is 18.5 Å². The van der Waals surface area contributed by atoms with E-state index in [2.05, 4.69) is 34.1 Å². The molecule has 3 rings (SSSR count). The molecule has 1 aromatic carbocycles. The zero-order chi connectivity index (χ0) is 30.6. The van der Waals surface area contributed by atoms with Crippen LogP contribution in [0, 0.1) is 0 Å². The number of likely N-dealkylation sites (N-methyl/N-ethyl adjacent to an activating group) is 1. The van der Waals surface area contributed by atoms with Crippen LogP contribution in [0.1, 0.15) is 121 Å². The van der Waals surface area contributed by atoms with Crippen molar-refractivity contribution in [3.05, 3.63) is 47.7 Å². The number of hydrogen-bond donors (Lipinski definition) is 1. The molecule has 2 atom stereocenters. The third-order valence-corrected chi connectivity index (χ3v) is 8.71. The van der Waals surface area contributed by atoms with E-state index in [0.29, 0.717) is 36.5 Å².